The fourth-order valence-corrected chi connectivity index (χ4v) is 8.97. The molecular formula is C13H14Ge. The minimum absolute atomic E-state index is 1.33. The molecule has 0 N–H and O–H groups in total. The quantitative estimate of drug-likeness (QED) is 0.664. The van der Waals surface area contributed by atoms with E-state index in [0.717, 1.165) is 0 Å². The van der Waals surface area contributed by atoms with Crippen molar-refractivity contribution >= 4 is 24.8 Å². The van der Waals surface area contributed by atoms with Gasteiger partial charge in [0.05, 0.1) is 0 Å². The van der Waals surface area contributed by atoms with Gasteiger partial charge in [-0.3, -0.25) is 0 Å². The Labute approximate surface area is 89.4 Å². The van der Waals surface area contributed by atoms with Crippen molar-refractivity contribution in [3.05, 3.63) is 45.2 Å². The molecule has 1 aromatic carbocycles. The van der Waals surface area contributed by atoms with E-state index < -0.39 is 14.3 Å². The Hall–Kier alpha value is -0.757. The number of hydrogen-bond donors (Lipinski definition) is 0. The molecule has 0 radical (unpaired) electrons. The van der Waals surface area contributed by atoms with Crippen molar-refractivity contribution in [2.45, 2.75) is 19.3 Å². The Kier molecular flexibility index (Phi) is 2.09. The fourth-order valence-electron chi connectivity index (χ4n) is 2.55. The van der Waals surface area contributed by atoms with Gasteiger partial charge in [0, 0.05) is 0 Å². The summed E-state index contributed by atoms with van der Waals surface area (Å²) in [5.74, 6) is 0. The Morgan fingerprint density at radius 2 is 2.07 bits per heavy atom. The van der Waals surface area contributed by atoms with E-state index in [4.69, 9.17) is 0 Å². The Morgan fingerprint density at radius 1 is 1.14 bits per heavy atom. The molecule has 0 saturated carbocycles. The first-order valence-corrected chi connectivity index (χ1v) is 9.23. The molecule has 70 valence electrons. The van der Waals surface area contributed by atoms with Gasteiger partial charge in [-0.2, -0.15) is 0 Å². The van der Waals surface area contributed by atoms with Crippen LogP contribution in [0.3, 0.4) is 0 Å². The number of allylic oxidation sites excluding steroid dienone is 2. The predicted octanol–water partition coefficient (Wildman–Crippen LogP) is 2.34. The summed E-state index contributed by atoms with van der Waals surface area (Å²) in [4.78, 5) is 2.54. The summed E-state index contributed by atoms with van der Waals surface area (Å²) in [6, 6.07) is 8.95. The van der Waals surface area contributed by atoms with Gasteiger partial charge in [-0.05, 0) is 0 Å². The second kappa shape index (κ2) is 3.43. The first kappa shape index (κ1) is 8.54. The topological polar surface area (TPSA) is 0 Å². The number of rotatable bonds is 1. The standard InChI is InChI=1S/C13H14Ge/c1-4-8-13-11(5-1)9-10-14(13)12-6-2-3-7-12/h1,4-6,8-10,14H,2-3,7H2. The third-order valence-electron chi connectivity index (χ3n) is 3.27. The molecule has 0 nitrogen and oxygen atoms in total. The third-order valence-corrected chi connectivity index (χ3v) is 9.77. The predicted molar refractivity (Wildman–Crippen MR) is 64.2 cm³/mol. The molecule has 0 fully saturated rings. The van der Waals surface area contributed by atoms with Crippen LogP contribution in [0.1, 0.15) is 24.8 Å². The van der Waals surface area contributed by atoms with Gasteiger partial charge in [-0.15, -0.1) is 0 Å². The molecule has 0 saturated heterocycles. The third kappa shape index (κ3) is 1.29. The molecule has 3 rings (SSSR count). The normalized spacial score (nSPS) is 23.7. The van der Waals surface area contributed by atoms with Crippen LogP contribution in [-0.2, 0) is 0 Å². The van der Waals surface area contributed by atoms with Crippen LogP contribution in [0.5, 0.6) is 0 Å². The van der Waals surface area contributed by atoms with Gasteiger partial charge in [-0.25, -0.2) is 0 Å². The summed E-state index contributed by atoms with van der Waals surface area (Å²) in [6.07, 6.45) is 8.96. The Bertz CT molecular complexity index is 415. The average molecular weight is 243 g/mol. The van der Waals surface area contributed by atoms with Crippen LogP contribution in [0.15, 0.2) is 39.7 Å². The molecule has 0 bridgehead atoms. The van der Waals surface area contributed by atoms with Crippen LogP contribution in [0, 0.1) is 0 Å². The van der Waals surface area contributed by atoms with Crippen LogP contribution in [0.25, 0.3) is 6.08 Å². The van der Waals surface area contributed by atoms with Crippen molar-refractivity contribution in [3.8, 4) is 0 Å². The van der Waals surface area contributed by atoms with Gasteiger partial charge < -0.3 is 0 Å². The molecule has 1 aliphatic carbocycles. The molecule has 0 aromatic heterocycles. The van der Waals surface area contributed by atoms with E-state index in [1.165, 1.54) is 24.8 Å². The van der Waals surface area contributed by atoms with E-state index in [1.54, 1.807) is 4.40 Å². The van der Waals surface area contributed by atoms with Crippen molar-refractivity contribution in [3.63, 3.8) is 0 Å². The molecule has 1 aromatic rings. The second-order valence-electron chi connectivity index (χ2n) is 4.14. The summed E-state index contributed by atoms with van der Waals surface area (Å²) in [5.41, 5.74) is 1.49. The minimum atomic E-state index is -1.36. The first-order valence-electron chi connectivity index (χ1n) is 5.41. The van der Waals surface area contributed by atoms with E-state index >= 15 is 0 Å². The maximum absolute atomic E-state index is 2.54. The van der Waals surface area contributed by atoms with E-state index in [0.29, 0.717) is 0 Å². The molecule has 1 unspecified atom stereocenters. The average Bonchev–Trinajstić information content (AvgIpc) is 2.85. The Balaban J connectivity index is 2.01. The van der Waals surface area contributed by atoms with Gasteiger partial charge in [0.15, 0.2) is 0 Å². The molecule has 2 aliphatic rings. The monoisotopic (exact) mass is 244 g/mol. The SMILES string of the molecule is C1=[CH][GeH]([C]2=CCCC2)[c]2ccccc21. The van der Waals surface area contributed by atoms with Gasteiger partial charge in [0.2, 0.25) is 0 Å². The number of fused-ring (bicyclic) bond motifs is 1. The molecule has 14 heavy (non-hydrogen) atoms. The van der Waals surface area contributed by atoms with Gasteiger partial charge in [0.25, 0.3) is 0 Å². The van der Waals surface area contributed by atoms with E-state index in [1.807, 2.05) is 4.41 Å². The number of benzene rings is 1. The molecule has 1 aliphatic heterocycles. The molecule has 1 heteroatoms. The zero-order valence-corrected chi connectivity index (χ0v) is 10.7. The van der Waals surface area contributed by atoms with Crippen LogP contribution < -0.4 is 4.40 Å². The number of hydrogen-bond acceptors (Lipinski definition) is 0. The van der Waals surface area contributed by atoms with Gasteiger partial charge in [0.1, 0.15) is 0 Å². The summed E-state index contributed by atoms with van der Waals surface area (Å²) in [5, 5.41) is 0. The van der Waals surface area contributed by atoms with Crippen LogP contribution in [0.2, 0.25) is 0 Å². The van der Waals surface area contributed by atoms with Crippen LogP contribution in [-0.4, -0.2) is 14.3 Å². The first-order chi connectivity index (χ1) is 6.95. The van der Waals surface area contributed by atoms with Gasteiger partial charge in [-0.1, -0.05) is 0 Å². The summed E-state index contributed by atoms with van der Waals surface area (Å²) in [6.45, 7) is 0. The van der Waals surface area contributed by atoms with Crippen LogP contribution in [0.4, 0.5) is 0 Å². The maximum atomic E-state index is 2.54. The van der Waals surface area contributed by atoms with Crippen LogP contribution >= 0.6 is 0 Å². The second-order valence-corrected chi connectivity index (χ2v) is 9.81. The van der Waals surface area contributed by atoms with E-state index in [-0.39, 0.29) is 0 Å². The van der Waals surface area contributed by atoms with Crippen molar-refractivity contribution in [1.82, 2.24) is 0 Å². The Morgan fingerprint density at radius 3 is 2.93 bits per heavy atom. The van der Waals surface area contributed by atoms with Crippen molar-refractivity contribution in [2.24, 2.45) is 0 Å². The summed E-state index contributed by atoms with van der Waals surface area (Å²) < 4.78 is 3.51. The molecule has 1 atom stereocenters. The van der Waals surface area contributed by atoms with E-state index in [9.17, 15) is 0 Å². The van der Waals surface area contributed by atoms with E-state index in [2.05, 4.69) is 41.3 Å². The summed E-state index contributed by atoms with van der Waals surface area (Å²) in [7, 11) is 0. The fraction of sp³-hybridized carbons (Fsp3) is 0.231. The zero-order valence-electron chi connectivity index (χ0n) is 8.24. The molecule has 1 heterocycles. The summed E-state index contributed by atoms with van der Waals surface area (Å²) >= 11 is -1.36. The van der Waals surface area contributed by atoms with Crippen molar-refractivity contribution < 1.29 is 0 Å². The van der Waals surface area contributed by atoms with Crippen molar-refractivity contribution in [2.75, 3.05) is 0 Å². The van der Waals surface area contributed by atoms with Crippen molar-refractivity contribution in [1.29, 1.82) is 0 Å². The molecular weight excluding hydrogens is 229 g/mol. The zero-order chi connectivity index (χ0) is 9.38. The van der Waals surface area contributed by atoms with Gasteiger partial charge >= 0.3 is 89.3 Å². The molecule has 0 spiro atoms. The molecule has 0 amide bonds.